The van der Waals surface area contributed by atoms with Crippen molar-refractivity contribution in [1.29, 1.82) is 0 Å². The third-order valence-corrected chi connectivity index (χ3v) is 5.86. The summed E-state index contributed by atoms with van der Waals surface area (Å²) in [6, 6.07) is 5.30. The number of nitrogens with zero attached hydrogens (tertiary/aromatic N) is 2. The molecule has 11 heteroatoms. The number of hydrazone groups is 1. The average molecular weight is 559 g/mol. The molecule has 0 bridgehead atoms. The molecule has 2 rings (SSSR count). The molecule has 0 radical (unpaired) electrons. The van der Waals surface area contributed by atoms with Crippen molar-refractivity contribution < 1.29 is 19.1 Å². The summed E-state index contributed by atoms with van der Waals surface area (Å²) in [5.41, 5.74) is 0.429. The van der Waals surface area contributed by atoms with Crippen molar-refractivity contribution >= 4 is 53.1 Å². The molecule has 1 atom stereocenters. The SMILES string of the molecule is CC1CN(c2ccc(Cl)c(Cl)c2)N=C1NC(=O)CCCNC=O.CCCCCCNC(=O)OC(C)(C)C. The van der Waals surface area contributed by atoms with Crippen LogP contribution >= 0.6 is 23.2 Å². The maximum absolute atomic E-state index is 11.9. The van der Waals surface area contributed by atoms with E-state index in [1.54, 1.807) is 17.1 Å². The monoisotopic (exact) mass is 557 g/mol. The van der Waals surface area contributed by atoms with Crippen LogP contribution in [0.1, 0.15) is 73.1 Å². The fourth-order valence-electron chi connectivity index (χ4n) is 3.24. The zero-order valence-electron chi connectivity index (χ0n) is 22.5. The van der Waals surface area contributed by atoms with E-state index in [4.69, 9.17) is 27.9 Å². The highest BCUT2D eigenvalue weighted by atomic mass is 35.5. The van der Waals surface area contributed by atoms with Gasteiger partial charge in [0.05, 0.1) is 22.3 Å². The lowest BCUT2D eigenvalue weighted by atomic mass is 10.1. The quantitative estimate of drug-likeness (QED) is 0.245. The van der Waals surface area contributed by atoms with Gasteiger partial charge in [-0.05, 0) is 51.8 Å². The Morgan fingerprint density at radius 1 is 1.14 bits per heavy atom. The van der Waals surface area contributed by atoms with Gasteiger partial charge < -0.3 is 20.7 Å². The van der Waals surface area contributed by atoms with Crippen LogP contribution in [0.4, 0.5) is 10.5 Å². The van der Waals surface area contributed by atoms with E-state index in [-0.39, 0.29) is 17.9 Å². The first-order valence-corrected chi connectivity index (χ1v) is 13.5. The van der Waals surface area contributed by atoms with Gasteiger partial charge in [0.2, 0.25) is 12.3 Å². The predicted octanol–water partition coefficient (Wildman–Crippen LogP) is 5.50. The van der Waals surface area contributed by atoms with Crippen LogP contribution in [0.3, 0.4) is 0 Å². The fourth-order valence-corrected chi connectivity index (χ4v) is 3.54. The summed E-state index contributed by atoms with van der Waals surface area (Å²) >= 11 is 11.9. The van der Waals surface area contributed by atoms with Crippen LogP contribution in [0.15, 0.2) is 23.3 Å². The van der Waals surface area contributed by atoms with Gasteiger partial charge in [-0.1, -0.05) is 56.3 Å². The van der Waals surface area contributed by atoms with Crippen molar-refractivity contribution in [2.24, 2.45) is 11.0 Å². The van der Waals surface area contributed by atoms with Crippen LogP contribution in [0.2, 0.25) is 10.0 Å². The van der Waals surface area contributed by atoms with Gasteiger partial charge >= 0.3 is 6.09 Å². The Labute approximate surface area is 230 Å². The number of amidine groups is 1. The Morgan fingerprint density at radius 2 is 1.86 bits per heavy atom. The summed E-state index contributed by atoms with van der Waals surface area (Å²) in [5, 5.41) is 15.3. The smallest absolute Gasteiger partial charge is 0.407 e. The molecule has 1 heterocycles. The van der Waals surface area contributed by atoms with E-state index in [2.05, 4.69) is 28.0 Å². The largest absolute Gasteiger partial charge is 0.444 e. The molecule has 1 aliphatic heterocycles. The Kier molecular flexibility index (Phi) is 15.0. The van der Waals surface area contributed by atoms with Crippen molar-refractivity contribution in [3.8, 4) is 0 Å². The first-order chi connectivity index (χ1) is 17.5. The summed E-state index contributed by atoms with van der Waals surface area (Å²) in [4.78, 5) is 33.2. The molecular weight excluding hydrogens is 517 g/mol. The van der Waals surface area contributed by atoms with Gasteiger partial charge in [-0.2, -0.15) is 5.10 Å². The standard InChI is InChI=1S/C15H18Cl2N4O2.C11H23NO2/c1-10-8-21(11-4-5-12(16)13(17)7-11)20-15(10)19-14(23)3-2-6-18-9-22;1-5-6-7-8-9-12-10(13)14-11(2,3)4/h4-5,7,9-10H,2-3,6,8H2,1H3,(H,18,22)(H,19,20,23);5-9H2,1-4H3,(H,12,13). The van der Waals surface area contributed by atoms with Gasteiger partial charge in [0.25, 0.3) is 0 Å². The maximum atomic E-state index is 11.9. The second-order valence-electron chi connectivity index (χ2n) is 9.78. The van der Waals surface area contributed by atoms with Gasteiger partial charge in [-0.3, -0.25) is 14.6 Å². The van der Waals surface area contributed by atoms with Gasteiger partial charge in [0.1, 0.15) is 11.4 Å². The van der Waals surface area contributed by atoms with Crippen molar-refractivity contribution in [2.75, 3.05) is 24.6 Å². The zero-order chi connectivity index (χ0) is 27.8. The second-order valence-corrected chi connectivity index (χ2v) is 10.6. The van der Waals surface area contributed by atoms with Gasteiger partial charge in [0, 0.05) is 25.4 Å². The van der Waals surface area contributed by atoms with Gasteiger partial charge in [0.15, 0.2) is 0 Å². The number of carbonyl (C=O) groups excluding carboxylic acids is 3. The molecule has 208 valence electrons. The van der Waals surface area contributed by atoms with Crippen molar-refractivity contribution in [3.05, 3.63) is 28.2 Å². The van der Waals surface area contributed by atoms with E-state index in [0.717, 1.165) is 18.7 Å². The molecule has 1 aromatic carbocycles. The van der Waals surface area contributed by atoms with Gasteiger partial charge in [-0.25, -0.2) is 4.79 Å². The first kappa shape index (κ1) is 32.5. The summed E-state index contributed by atoms with van der Waals surface area (Å²) in [6.07, 6.45) is 5.88. The van der Waals surface area contributed by atoms with E-state index < -0.39 is 5.60 Å². The zero-order valence-corrected chi connectivity index (χ0v) is 24.0. The van der Waals surface area contributed by atoms with E-state index in [1.807, 2.05) is 33.8 Å². The fraction of sp³-hybridized carbons (Fsp3) is 0.615. The van der Waals surface area contributed by atoms with Crippen LogP contribution < -0.4 is 21.0 Å². The summed E-state index contributed by atoms with van der Waals surface area (Å²) in [7, 11) is 0. The van der Waals surface area contributed by atoms with E-state index in [1.165, 1.54) is 19.3 Å². The van der Waals surface area contributed by atoms with Crippen LogP contribution in [0.25, 0.3) is 0 Å². The van der Waals surface area contributed by atoms with E-state index >= 15 is 0 Å². The number of anilines is 1. The Bertz CT molecular complexity index is 905. The number of nitrogens with one attached hydrogen (secondary N) is 3. The number of amides is 3. The highest BCUT2D eigenvalue weighted by Gasteiger charge is 2.25. The number of carbonyl (C=O) groups is 3. The molecule has 0 aliphatic carbocycles. The summed E-state index contributed by atoms with van der Waals surface area (Å²) < 4.78 is 5.09. The number of ether oxygens (including phenoxy) is 1. The average Bonchev–Trinajstić information content (AvgIpc) is 3.17. The number of unbranched alkanes of at least 4 members (excludes halogenated alkanes) is 3. The summed E-state index contributed by atoms with van der Waals surface area (Å²) in [6.45, 7) is 11.6. The molecular formula is C26H41Cl2N5O4. The molecule has 3 amide bonds. The molecule has 1 unspecified atom stereocenters. The lowest BCUT2D eigenvalue weighted by Gasteiger charge is -2.19. The molecule has 3 N–H and O–H groups in total. The van der Waals surface area contributed by atoms with Crippen LogP contribution in [0, 0.1) is 5.92 Å². The molecule has 37 heavy (non-hydrogen) atoms. The maximum Gasteiger partial charge on any atom is 0.407 e. The minimum atomic E-state index is -0.395. The highest BCUT2D eigenvalue weighted by Crippen LogP contribution is 2.29. The lowest BCUT2D eigenvalue weighted by Crippen LogP contribution is -2.33. The van der Waals surface area contributed by atoms with Crippen molar-refractivity contribution in [3.63, 3.8) is 0 Å². The predicted molar refractivity (Wildman–Crippen MR) is 150 cm³/mol. The number of halogens is 2. The Hall–Kier alpha value is -2.52. The Morgan fingerprint density at radius 3 is 2.49 bits per heavy atom. The lowest BCUT2D eigenvalue weighted by molar-refractivity contribution is -0.120. The summed E-state index contributed by atoms with van der Waals surface area (Å²) in [5.74, 6) is 0.616. The normalized spacial score (nSPS) is 14.7. The topological polar surface area (TPSA) is 112 Å². The molecule has 0 saturated heterocycles. The molecule has 9 nitrogen and oxygen atoms in total. The van der Waals surface area contributed by atoms with Crippen LogP contribution in [-0.4, -0.2) is 49.5 Å². The van der Waals surface area contributed by atoms with Crippen molar-refractivity contribution in [2.45, 2.75) is 78.7 Å². The molecule has 1 aromatic rings. The van der Waals surface area contributed by atoms with Crippen LogP contribution in [-0.2, 0) is 14.3 Å². The first-order valence-electron chi connectivity index (χ1n) is 12.7. The Balaban J connectivity index is 0.000000422. The van der Waals surface area contributed by atoms with Crippen LogP contribution in [0.5, 0.6) is 0 Å². The molecule has 0 spiro atoms. The molecule has 1 aliphatic rings. The number of benzene rings is 1. The number of hydrogen-bond acceptors (Lipinski definition) is 6. The van der Waals surface area contributed by atoms with Gasteiger partial charge in [-0.15, -0.1) is 0 Å². The molecule has 0 saturated carbocycles. The van der Waals surface area contributed by atoms with E-state index in [9.17, 15) is 14.4 Å². The minimum absolute atomic E-state index is 0.0986. The van der Waals surface area contributed by atoms with E-state index in [0.29, 0.717) is 48.2 Å². The third-order valence-electron chi connectivity index (χ3n) is 5.12. The molecule has 0 aromatic heterocycles. The number of alkyl carbamates (subject to hydrolysis) is 1. The van der Waals surface area contributed by atoms with Crippen molar-refractivity contribution in [1.82, 2.24) is 16.0 Å². The second kappa shape index (κ2) is 17.1. The number of hydrogen-bond donors (Lipinski definition) is 3. The molecule has 0 fully saturated rings. The minimum Gasteiger partial charge on any atom is -0.444 e. The number of rotatable bonds is 11. The third kappa shape index (κ3) is 14.1. The highest BCUT2D eigenvalue weighted by molar-refractivity contribution is 6.42.